The normalized spacial score (nSPS) is 18.9. The van der Waals surface area contributed by atoms with Crippen LogP contribution in [0.2, 0.25) is 0 Å². The Morgan fingerprint density at radius 2 is 2.14 bits per heavy atom. The Bertz CT molecular complexity index is 707. The standard InChI is InChI=1S/C15H17N3O3/c16-14(19)12-4-3-10(11-5-6-17-13(11)12)9-2-1-7-18(8-9)15(20)21/h3-6,9,17H,1-2,7-8H2,(H2,16,19)(H,20,21). The number of likely N-dealkylation sites (tertiary alicyclic amines) is 1. The molecule has 1 aliphatic rings. The molecule has 6 heteroatoms. The maximum absolute atomic E-state index is 11.5. The van der Waals surface area contributed by atoms with Crippen molar-refractivity contribution in [3.63, 3.8) is 0 Å². The van der Waals surface area contributed by atoms with Crippen LogP contribution in [-0.4, -0.2) is 40.1 Å². The summed E-state index contributed by atoms with van der Waals surface area (Å²) < 4.78 is 0. The number of carbonyl (C=O) groups excluding carboxylic acids is 1. The van der Waals surface area contributed by atoms with E-state index in [0.29, 0.717) is 18.7 Å². The second-order valence-corrected chi connectivity index (χ2v) is 5.40. The van der Waals surface area contributed by atoms with E-state index in [1.54, 1.807) is 12.3 Å². The number of hydrogen-bond donors (Lipinski definition) is 3. The number of hydrogen-bond acceptors (Lipinski definition) is 2. The molecule has 3 rings (SSSR count). The van der Waals surface area contributed by atoms with Crippen LogP contribution in [0.3, 0.4) is 0 Å². The molecule has 1 fully saturated rings. The first kappa shape index (κ1) is 13.5. The number of piperidine rings is 1. The molecule has 2 amide bonds. The molecular weight excluding hydrogens is 270 g/mol. The minimum absolute atomic E-state index is 0.148. The molecule has 21 heavy (non-hydrogen) atoms. The first-order valence-corrected chi connectivity index (χ1v) is 6.95. The highest BCUT2D eigenvalue weighted by molar-refractivity contribution is 6.05. The monoisotopic (exact) mass is 287 g/mol. The van der Waals surface area contributed by atoms with E-state index in [4.69, 9.17) is 10.8 Å². The Kier molecular flexibility index (Phi) is 3.29. The van der Waals surface area contributed by atoms with Gasteiger partial charge in [-0.15, -0.1) is 0 Å². The third kappa shape index (κ3) is 2.33. The lowest BCUT2D eigenvalue weighted by atomic mass is 9.88. The van der Waals surface area contributed by atoms with Gasteiger partial charge in [0.25, 0.3) is 5.91 Å². The number of aromatic amines is 1. The number of nitrogens with two attached hydrogens (primary N) is 1. The van der Waals surface area contributed by atoms with Gasteiger partial charge in [0.2, 0.25) is 0 Å². The second kappa shape index (κ2) is 5.12. The van der Waals surface area contributed by atoms with Gasteiger partial charge in [-0.05, 0) is 30.5 Å². The Hall–Kier alpha value is -2.50. The van der Waals surface area contributed by atoms with Gasteiger partial charge in [0.05, 0.1) is 11.1 Å². The van der Waals surface area contributed by atoms with Crippen molar-refractivity contribution in [3.8, 4) is 0 Å². The molecule has 0 spiro atoms. The van der Waals surface area contributed by atoms with E-state index in [2.05, 4.69) is 4.98 Å². The smallest absolute Gasteiger partial charge is 0.407 e. The molecule has 2 heterocycles. The third-order valence-corrected chi connectivity index (χ3v) is 4.15. The number of aromatic nitrogens is 1. The fourth-order valence-electron chi connectivity index (χ4n) is 3.15. The van der Waals surface area contributed by atoms with Crippen LogP contribution < -0.4 is 5.73 Å². The number of amides is 2. The van der Waals surface area contributed by atoms with E-state index in [9.17, 15) is 9.59 Å². The molecule has 1 unspecified atom stereocenters. The molecule has 0 aliphatic carbocycles. The number of primary amides is 1. The lowest BCUT2D eigenvalue weighted by Gasteiger charge is -2.31. The number of nitrogens with one attached hydrogen (secondary N) is 1. The average molecular weight is 287 g/mol. The Labute approximate surface area is 121 Å². The molecule has 1 saturated heterocycles. The summed E-state index contributed by atoms with van der Waals surface area (Å²) in [6.45, 7) is 1.08. The first-order chi connectivity index (χ1) is 10.1. The minimum atomic E-state index is -0.876. The molecule has 1 aromatic heterocycles. The molecule has 1 aromatic carbocycles. The number of H-pyrrole nitrogens is 1. The van der Waals surface area contributed by atoms with Crippen molar-refractivity contribution in [2.45, 2.75) is 18.8 Å². The van der Waals surface area contributed by atoms with E-state index in [0.717, 1.165) is 29.3 Å². The maximum atomic E-state index is 11.5. The van der Waals surface area contributed by atoms with Crippen LogP contribution >= 0.6 is 0 Å². The van der Waals surface area contributed by atoms with E-state index in [1.807, 2.05) is 12.1 Å². The van der Waals surface area contributed by atoms with Gasteiger partial charge in [-0.2, -0.15) is 0 Å². The Balaban J connectivity index is 2.01. The topological polar surface area (TPSA) is 99.4 Å². The quantitative estimate of drug-likeness (QED) is 0.788. The Morgan fingerprint density at radius 3 is 2.86 bits per heavy atom. The molecule has 4 N–H and O–H groups in total. The van der Waals surface area contributed by atoms with Crippen molar-refractivity contribution in [3.05, 3.63) is 35.5 Å². The molecule has 0 bridgehead atoms. The van der Waals surface area contributed by atoms with Gasteiger partial charge in [-0.25, -0.2) is 4.79 Å². The number of carboxylic acid groups (broad SMARTS) is 1. The van der Waals surface area contributed by atoms with Crippen LogP contribution in [0.5, 0.6) is 0 Å². The number of benzene rings is 1. The number of nitrogens with zero attached hydrogens (tertiary/aromatic N) is 1. The summed E-state index contributed by atoms with van der Waals surface area (Å²) in [5.41, 5.74) is 7.65. The van der Waals surface area contributed by atoms with E-state index < -0.39 is 12.0 Å². The van der Waals surface area contributed by atoms with Crippen molar-refractivity contribution in [2.24, 2.45) is 5.73 Å². The largest absolute Gasteiger partial charge is 0.465 e. The van der Waals surface area contributed by atoms with E-state index in [-0.39, 0.29) is 5.92 Å². The summed E-state index contributed by atoms with van der Waals surface area (Å²) >= 11 is 0. The fraction of sp³-hybridized carbons (Fsp3) is 0.333. The first-order valence-electron chi connectivity index (χ1n) is 6.95. The van der Waals surface area contributed by atoms with Crippen LogP contribution in [0.1, 0.15) is 34.7 Å². The molecular formula is C15H17N3O3. The summed E-state index contributed by atoms with van der Waals surface area (Å²) in [5.74, 6) is -0.320. The highest BCUT2D eigenvalue weighted by Crippen LogP contribution is 2.33. The molecule has 2 aromatic rings. The Morgan fingerprint density at radius 1 is 1.33 bits per heavy atom. The zero-order valence-electron chi connectivity index (χ0n) is 11.5. The second-order valence-electron chi connectivity index (χ2n) is 5.40. The van der Waals surface area contributed by atoms with Gasteiger partial charge >= 0.3 is 6.09 Å². The summed E-state index contributed by atoms with van der Waals surface area (Å²) in [5, 5.41) is 10.1. The number of fused-ring (bicyclic) bond motifs is 1. The highest BCUT2D eigenvalue weighted by Gasteiger charge is 2.26. The van der Waals surface area contributed by atoms with Crippen molar-refractivity contribution in [1.82, 2.24) is 9.88 Å². The van der Waals surface area contributed by atoms with Crippen LogP contribution in [0.25, 0.3) is 10.9 Å². The summed E-state index contributed by atoms with van der Waals surface area (Å²) in [4.78, 5) is 27.1. The zero-order chi connectivity index (χ0) is 15.0. The summed E-state index contributed by atoms with van der Waals surface area (Å²) in [6, 6.07) is 5.53. The van der Waals surface area contributed by atoms with Crippen molar-refractivity contribution >= 4 is 22.9 Å². The summed E-state index contributed by atoms with van der Waals surface area (Å²) in [7, 11) is 0. The lowest BCUT2D eigenvalue weighted by molar-refractivity contribution is 0.100. The zero-order valence-corrected chi connectivity index (χ0v) is 11.5. The summed E-state index contributed by atoms with van der Waals surface area (Å²) in [6.07, 6.45) is 2.69. The van der Waals surface area contributed by atoms with E-state index in [1.165, 1.54) is 4.90 Å². The third-order valence-electron chi connectivity index (χ3n) is 4.15. The highest BCUT2D eigenvalue weighted by atomic mass is 16.4. The molecule has 0 radical (unpaired) electrons. The van der Waals surface area contributed by atoms with Crippen LogP contribution in [0.4, 0.5) is 4.79 Å². The van der Waals surface area contributed by atoms with Crippen molar-refractivity contribution < 1.29 is 14.7 Å². The average Bonchev–Trinajstić information content (AvgIpc) is 2.95. The van der Waals surface area contributed by atoms with Gasteiger partial charge in [0.15, 0.2) is 0 Å². The van der Waals surface area contributed by atoms with Crippen LogP contribution in [0, 0.1) is 0 Å². The predicted octanol–water partition coefficient (Wildman–Crippen LogP) is 2.12. The maximum Gasteiger partial charge on any atom is 0.407 e. The van der Waals surface area contributed by atoms with Crippen LogP contribution in [-0.2, 0) is 0 Å². The molecule has 1 aliphatic heterocycles. The predicted molar refractivity (Wildman–Crippen MR) is 78.4 cm³/mol. The van der Waals surface area contributed by atoms with Gasteiger partial charge < -0.3 is 20.7 Å². The van der Waals surface area contributed by atoms with Gasteiger partial charge in [-0.1, -0.05) is 6.07 Å². The minimum Gasteiger partial charge on any atom is -0.465 e. The number of rotatable bonds is 2. The van der Waals surface area contributed by atoms with Gasteiger partial charge in [-0.3, -0.25) is 4.79 Å². The van der Waals surface area contributed by atoms with Crippen molar-refractivity contribution in [2.75, 3.05) is 13.1 Å². The molecule has 1 atom stereocenters. The molecule has 110 valence electrons. The molecule has 0 saturated carbocycles. The SMILES string of the molecule is NC(=O)c1ccc(C2CCCN(C(=O)O)C2)c2cc[nH]c12. The van der Waals surface area contributed by atoms with Crippen LogP contribution in [0.15, 0.2) is 24.4 Å². The fourth-order valence-corrected chi connectivity index (χ4v) is 3.15. The van der Waals surface area contributed by atoms with Gasteiger partial charge in [0, 0.05) is 30.6 Å². The number of carbonyl (C=O) groups is 2. The van der Waals surface area contributed by atoms with E-state index >= 15 is 0 Å². The lowest BCUT2D eigenvalue weighted by Crippen LogP contribution is -2.38. The van der Waals surface area contributed by atoms with Gasteiger partial charge in [0.1, 0.15) is 0 Å². The van der Waals surface area contributed by atoms with Crippen molar-refractivity contribution in [1.29, 1.82) is 0 Å². The molecule has 6 nitrogen and oxygen atoms in total.